The Kier molecular flexibility index (Phi) is 4.38. The number of esters is 1. The number of thiophene rings is 1. The van der Waals surface area contributed by atoms with Crippen molar-refractivity contribution >= 4 is 38.9 Å². The minimum absolute atomic E-state index is 0.302. The summed E-state index contributed by atoms with van der Waals surface area (Å²) in [6.45, 7) is 0. The first-order valence-corrected chi connectivity index (χ1v) is 7.07. The first-order chi connectivity index (χ1) is 8.72. The summed E-state index contributed by atoms with van der Waals surface area (Å²) < 4.78 is 5.75. The largest absolute Gasteiger partial charge is 0.467 e. The number of rotatable bonds is 4. The maximum absolute atomic E-state index is 11.8. The average Bonchev–Trinajstić information content (AvgIpc) is 2.90. The highest BCUT2D eigenvalue weighted by Gasteiger charge is 2.22. The van der Waals surface area contributed by atoms with Crippen molar-refractivity contribution in [1.82, 2.24) is 0 Å². The molecule has 2 rings (SSSR count). The van der Waals surface area contributed by atoms with E-state index < -0.39 is 6.04 Å². The molecule has 94 valence electrons. The molecule has 1 atom stereocenters. The van der Waals surface area contributed by atoms with Gasteiger partial charge in [-0.3, -0.25) is 0 Å². The Bertz CT molecular complexity index is 528. The van der Waals surface area contributed by atoms with E-state index in [1.807, 2.05) is 41.1 Å². The number of hydrogen-bond acceptors (Lipinski definition) is 4. The Hall–Kier alpha value is -1.33. The molecule has 0 radical (unpaired) electrons. The second-order valence-electron chi connectivity index (χ2n) is 3.64. The monoisotopic (exact) mass is 325 g/mol. The molecule has 1 unspecified atom stereocenters. The van der Waals surface area contributed by atoms with Crippen LogP contribution in [0.25, 0.3) is 0 Å². The fraction of sp³-hybridized carbons (Fsp3) is 0.154. The van der Waals surface area contributed by atoms with Crippen LogP contribution >= 0.6 is 27.3 Å². The van der Waals surface area contributed by atoms with E-state index in [-0.39, 0.29) is 5.97 Å². The van der Waals surface area contributed by atoms with Crippen molar-refractivity contribution in [2.75, 3.05) is 12.4 Å². The molecule has 1 aromatic carbocycles. The lowest BCUT2D eigenvalue weighted by molar-refractivity contribution is -0.141. The fourth-order valence-corrected chi connectivity index (χ4v) is 2.65. The third-order valence-electron chi connectivity index (χ3n) is 2.49. The maximum atomic E-state index is 11.8. The van der Waals surface area contributed by atoms with Gasteiger partial charge in [0.1, 0.15) is 0 Å². The summed E-state index contributed by atoms with van der Waals surface area (Å²) in [7, 11) is 1.39. The van der Waals surface area contributed by atoms with Gasteiger partial charge in [-0.15, -0.1) is 0 Å². The standard InChI is InChI=1S/C13H12BrNO2S/c1-17-13(16)12(9-6-7-18-8-9)15-11-5-3-2-4-10(11)14/h2-8,12,15H,1H3. The zero-order chi connectivity index (χ0) is 13.0. The van der Waals surface area contributed by atoms with E-state index in [2.05, 4.69) is 21.2 Å². The average molecular weight is 326 g/mol. The number of para-hydroxylation sites is 1. The normalized spacial score (nSPS) is 11.9. The van der Waals surface area contributed by atoms with Gasteiger partial charge in [0.2, 0.25) is 0 Å². The summed E-state index contributed by atoms with van der Waals surface area (Å²) in [5.41, 5.74) is 1.77. The number of methoxy groups -OCH3 is 1. The van der Waals surface area contributed by atoms with Crippen LogP contribution in [0.15, 0.2) is 45.6 Å². The lowest BCUT2D eigenvalue weighted by atomic mass is 10.1. The number of anilines is 1. The molecule has 0 saturated heterocycles. The van der Waals surface area contributed by atoms with E-state index in [4.69, 9.17) is 4.74 Å². The molecular formula is C13H12BrNO2S. The van der Waals surface area contributed by atoms with Gasteiger partial charge in [0.25, 0.3) is 0 Å². The zero-order valence-electron chi connectivity index (χ0n) is 9.72. The van der Waals surface area contributed by atoms with Crippen molar-refractivity contribution in [3.8, 4) is 0 Å². The van der Waals surface area contributed by atoms with Gasteiger partial charge in [-0.05, 0) is 50.5 Å². The second-order valence-corrected chi connectivity index (χ2v) is 5.27. The molecular weight excluding hydrogens is 314 g/mol. The Morgan fingerprint density at radius 2 is 2.17 bits per heavy atom. The summed E-state index contributed by atoms with van der Waals surface area (Å²) in [6, 6.07) is 9.09. The van der Waals surface area contributed by atoms with Crippen molar-refractivity contribution in [1.29, 1.82) is 0 Å². The van der Waals surface area contributed by atoms with Crippen LogP contribution in [0.4, 0.5) is 5.69 Å². The number of ether oxygens (including phenoxy) is 1. The predicted molar refractivity (Wildman–Crippen MR) is 76.8 cm³/mol. The first kappa shape index (κ1) is 13.1. The number of halogens is 1. The number of carbonyl (C=O) groups is 1. The molecule has 0 saturated carbocycles. The number of hydrogen-bond donors (Lipinski definition) is 1. The Morgan fingerprint density at radius 1 is 1.39 bits per heavy atom. The van der Waals surface area contributed by atoms with Gasteiger partial charge < -0.3 is 10.1 Å². The fourth-order valence-electron chi connectivity index (χ4n) is 1.57. The lowest BCUT2D eigenvalue weighted by Crippen LogP contribution is -2.21. The Balaban J connectivity index is 2.26. The van der Waals surface area contributed by atoms with Crippen LogP contribution in [0, 0.1) is 0 Å². The van der Waals surface area contributed by atoms with Gasteiger partial charge in [0.05, 0.1) is 7.11 Å². The Labute approximate surface area is 118 Å². The molecule has 0 aliphatic heterocycles. The Morgan fingerprint density at radius 3 is 2.78 bits per heavy atom. The highest BCUT2D eigenvalue weighted by molar-refractivity contribution is 9.10. The molecule has 1 heterocycles. The third-order valence-corrected chi connectivity index (χ3v) is 3.88. The molecule has 0 fully saturated rings. The van der Waals surface area contributed by atoms with Crippen molar-refractivity contribution < 1.29 is 9.53 Å². The van der Waals surface area contributed by atoms with E-state index in [1.54, 1.807) is 11.3 Å². The molecule has 2 aromatic rings. The molecule has 0 aliphatic carbocycles. The predicted octanol–water partition coefficient (Wildman–Crippen LogP) is 3.84. The van der Waals surface area contributed by atoms with Gasteiger partial charge >= 0.3 is 5.97 Å². The molecule has 0 bridgehead atoms. The first-order valence-electron chi connectivity index (χ1n) is 5.33. The van der Waals surface area contributed by atoms with Crippen LogP contribution in [-0.4, -0.2) is 13.1 Å². The summed E-state index contributed by atoms with van der Waals surface area (Å²) >= 11 is 5.00. The van der Waals surface area contributed by atoms with Crippen LogP contribution in [0.3, 0.4) is 0 Å². The minimum atomic E-state index is -0.486. The van der Waals surface area contributed by atoms with Crippen LogP contribution in [0.2, 0.25) is 0 Å². The van der Waals surface area contributed by atoms with E-state index in [0.717, 1.165) is 15.7 Å². The van der Waals surface area contributed by atoms with Gasteiger partial charge in [-0.1, -0.05) is 12.1 Å². The minimum Gasteiger partial charge on any atom is -0.467 e. The number of benzene rings is 1. The van der Waals surface area contributed by atoms with E-state index >= 15 is 0 Å². The quantitative estimate of drug-likeness (QED) is 0.868. The van der Waals surface area contributed by atoms with Crippen molar-refractivity contribution in [2.24, 2.45) is 0 Å². The lowest BCUT2D eigenvalue weighted by Gasteiger charge is -2.17. The highest BCUT2D eigenvalue weighted by Crippen LogP contribution is 2.27. The highest BCUT2D eigenvalue weighted by atomic mass is 79.9. The molecule has 1 N–H and O–H groups in total. The van der Waals surface area contributed by atoms with Crippen LogP contribution in [-0.2, 0) is 9.53 Å². The summed E-state index contributed by atoms with van der Waals surface area (Å²) in [4.78, 5) is 11.8. The van der Waals surface area contributed by atoms with Crippen molar-refractivity contribution in [3.63, 3.8) is 0 Å². The van der Waals surface area contributed by atoms with E-state index in [9.17, 15) is 4.79 Å². The molecule has 1 aromatic heterocycles. The molecule has 0 amide bonds. The molecule has 3 nitrogen and oxygen atoms in total. The molecule has 0 aliphatic rings. The van der Waals surface area contributed by atoms with Crippen LogP contribution in [0.1, 0.15) is 11.6 Å². The number of carbonyl (C=O) groups excluding carboxylic acids is 1. The summed E-state index contributed by atoms with van der Waals surface area (Å²) in [5.74, 6) is -0.302. The van der Waals surface area contributed by atoms with Gasteiger partial charge in [-0.2, -0.15) is 11.3 Å². The third kappa shape index (κ3) is 2.91. The molecule has 5 heteroatoms. The maximum Gasteiger partial charge on any atom is 0.333 e. The van der Waals surface area contributed by atoms with Gasteiger partial charge in [0, 0.05) is 10.2 Å². The summed E-state index contributed by atoms with van der Waals surface area (Å²) in [6.07, 6.45) is 0. The van der Waals surface area contributed by atoms with Gasteiger partial charge in [-0.25, -0.2) is 4.79 Å². The molecule has 0 spiro atoms. The second kappa shape index (κ2) is 6.02. The van der Waals surface area contributed by atoms with E-state index in [1.165, 1.54) is 7.11 Å². The van der Waals surface area contributed by atoms with Gasteiger partial charge in [0.15, 0.2) is 6.04 Å². The number of nitrogens with one attached hydrogen (secondary N) is 1. The SMILES string of the molecule is COC(=O)C(Nc1ccccc1Br)c1ccsc1. The zero-order valence-corrected chi connectivity index (χ0v) is 12.1. The van der Waals surface area contributed by atoms with Crippen molar-refractivity contribution in [3.05, 3.63) is 51.1 Å². The topological polar surface area (TPSA) is 38.3 Å². The van der Waals surface area contributed by atoms with Crippen LogP contribution in [0.5, 0.6) is 0 Å². The molecule has 18 heavy (non-hydrogen) atoms. The van der Waals surface area contributed by atoms with E-state index in [0.29, 0.717) is 0 Å². The van der Waals surface area contributed by atoms with Crippen LogP contribution < -0.4 is 5.32 Å². The summed E-state index contributed by atoms with van der Waals surface area (Å²) in [5, 5.41) is 7.06. The van der Waals surface area contributed by atoms with Crippen molar-refractivity contribution in [2.45, 2.75) is 6.04 Å². The smallest absolute Gasteiger partial charge is 0.333 e.